The number of nitrogens with zero attached hydrogens (tertiary/aromatic N) is 3. The second kappa shape index (κ2) is 8.60. The lowest BCUT2D eigenvalue weighted by Crippen LogP contribution is -2.25. The SMILES string of the molecule is O=C(NCCc1ccccc1)c1ccc(Nc2nn3c(=O)c4ccccc4nc3s2)cc1. The number of carbonyl (C=O) groups excluding carboxylic acids is 1. The number of hydrogen-bond donors (Lipinski definition) is 2. The van der Waals surface area contributed by atoms with Crippen molar-refractivity contribution in [3.63, 3.8) is 0 Å². The van der Waals surface area contributed by atoms with E-state index in [1.165, 1.54) is 21.4 Å². The van der Waals surface area contributed by atoms with E-state index in [0.29, 0.717) is 33.1 Å². The number of aromatic nitrogens is 3. The molecule has 2 aromatic heterocycles. The van der Waals surface area contributed by atoms with Crippen LogP contribution in [0.25, 0.3) is 15.9 Å². The summed E-state index contributed by atoms with van der Waals surface area (Å²) >= 11 is 1.29. The highest BCUT2D eigenvalue weighted by molar-refractivity contribution is 7.20. The summed E-state index contributed by atoms with van der Waals surface area (Å²) in [4.78, 5) is 30.1. The van der Waals surface area contributed by atoms with Gasteiger partial charge in [0.2, 0.25) is 10.1 Å². The molecule has 0 saturated heterocycles. The second-order valence-corrected chi connectivity index (χ2v) is 8.19. The molecule has 0 fully saturated rings. The van der Waals surface area contributed by atoms with Crippen molar-refractivity contribution in [1.29, 1.82) is 0 Å². The zero-order valence-electron chi connectivity index (χ0n) is 17.0. The molecule has 0 saturated carbocycles. The molecule has 32 heavy (non-hydrogen) atoms. The van der Waals surface area contributed by atoms with Gasteiger partial charge in [0.25, 0.3) is 11.5 Å². The Bertz CT molecular complexity index is 1460. The van der Waals surface area contributed by atoms with Gasteiger partial charge in [0.05, 0.1) is 10.9 Å². The van der Waals surface area contributed by atoms with Gasteiger partial charge in [-0.3, -0.25) is 9.59 Å². The molecule has 5 aromatic rings. The number of anilines is 2. The van der Waals surface area contributed by atoms with Gasteiger partial charge in [0, 0.05) is 17.8 Å². The van der Waals surface area contributed by atoms with Gasteiger partial charge in [0.15, 0.2) is 0 Å². The number of nitrogens with one attached hydrogen (secondary N) is 2. The zero-order chi connectivity index (χ0) is 21.9. The lowest BCUT2D eigenvalue weighted by Gasteiger charge is -2.07. The van der Waals surface area contributed by atoms with E-state index >= 15 is 0 Å². The van der Waals surface area contributed by atoms with Crippen LogP contribution in [0.5, 0.6) is 0 Å². The van der Waals surface area contributed by atoms with Crippen LogP contribution < -0.4 is 16.2 Å². The highest BCUT2D eigenvalue weighted by Crippen LogP contribution is 2.23. The largest absolute Gasteiger partial charge is 0.352 e. The van der Waals surface area contributed by atoms with Crippen LogP contribution >= 0.6 is 11.3 Å². The third-order valence-corrected chi connectivity index (χ3v) is 5.87. The van der Waals surface area contributed by atoms with Gasteiger partial charge >= 0.3 is 0 Å². The van der Waals surface area contributed by atoms with E-state index in [1.54, 1.807) is 18.2 Å². The van der Waals surface area contributed by atoms with E-state index in [-0.39, 0.29) is 11.5 Å². The minimum Gasteiger partial charge on any atom is -0.352 e. The molecular weight excluding hydrogens is 422 g/mol. The van der Waals surface area contributed by atoms with E-state index in [9.17, 15) is 9.59 Å². The molecular formula is C24H19N5O2S. The van der Waals surface area contributed by atoms with Crippen molar-refractivity contribution in [2.45, 2.75) is 6.42 Å². The fraction of sp³-hybridized carbons (Fsp3) is 0.0833. The Morgan fingerprint density at radius 1 is 0.938 bits per heavy atom. The summed E-state index contributed by atoms with van der Waals surface area (Å²) in [6.07, 6.45) is 0.784. The first-order chi connectivity index (χ1) is 15.7. The van der Waals surface area contributed by atoms with Crippen LogP contribution in [0.2, 0.25) is 0 Å². The quantitative estimate of drug-likeness (QED) is 0.416. The van der Waals surface area contributed by atoms with Crippen molar-refractivity contribution in [1.82, 2.24) is 19.9 Å². The van der Waals surface area contributed by atoms with E-state index < -0.39 is 0 Å². The predicted molar refractivity (Wildman–Crippen MR) is 127 cm³/mol. The molecule has 0 atom stereocenters. The fourth-order valence-electron chi connectivity index (χ4n) is 3.40. The standard InChI is InChI=1S/C24H19N5O2S/c30-21(25-15-14-16-6-2-1-3-7-16)17-10-12-18(13-11-17)26-23-28-29-22(31)19-8-4-5-9-20(19)27-24(29)32-23/h1-13H,14-15H2,(H,25,30)(H,26,28). The summed E-state index contributed by atoms with van der Waals surface area (Å²) in [5.41, 5.74) is 2.98. The molecule has 0 bridgehead atoms. The van der Waals surface area contributed by atoms with Gasteiger partial charge < -0.3 is 10.6 Å². The van der Waals surface area contributed by atoms with Gasteiger partial charge in [-0.05, 0) is 48.4 Å². The summed E-state index contributed by atoms with van der Waals surface area (Å²) in [7, 11) is 0. The number of hydrogen-bond acceptors (Lipinski definition) is 6. The molecule has 0 aliphatic heterocycles. The second-order valence-electron chi connectivity index (χ2n) is 7.23. The van der Waals surface area contributed by atoms with Crippen molar-refractivity contribution in [2.24, 2.45) is 0 Å². The van der Waals surface area contributed by atoms with Gasteiger partial charge in [-0.1, -0.05) is 53.8 Å². The topological polar surface area (TPSA) is 88.4 Å². The first-order valence-corrected chi connectivity index (χ1v) is 11.0. The first kappa shape index (κ1) is 19.9. The lowest BCUT2D eigenvalue weighted by atomic mass is 10.1. The molecule has 8 heteroatoms. The van der Waals surface area contributed by atoms with E-state index in [2.05, 4.69) is 20.7 Å². The minimum absolute atomic E-state index is 0.116. The molecule has 1 amide bonds. The molecule has 0 aliphatic rings. The summed E-state index contributed by atoms with van der Waals surface area (Å²) in [5.74, 6) is -0.116. The molecule has 7 nitrogen and oxygen atoms in total. The Balaban J connectivity index is 1.26. The van der Waals surface area contributed by atoms with Gasteiger partial charge in [-0.25, -0.2) is 4.98 Å². The maximum atomic E-state index is 12.6. The van der Waals surface area contributed by atoms with Crippen LogP contribution in [-0.4, -0.2) is 27.0 Å². The molecule has 0 spiro atoms. The van der Waals surface area contributed by atoms with E-state index in [4.69, 9.17) is 0 Å². The van der Waals surface area contributed by atoms with Crippen molar-refractivity contribution in [3.05, 3.63) is 100 Å². The molecule has 2 N–H and O–H groups in total. The normalized spacial score (nSPS) is 11.0. The Hall–Kier alpha value is -4.04. The average Bonchev–Trinajstić information content (AvgIpc) is 3.23. The maximum Gasteiger partial charge on any atom is 0.283 e. The van der Waals surface area contributed by atoms with Gasteiger partial charge in [0.1, 0.15) is 0 Å². The Kier molecular flexibility index (Phi) is 5.35. The number of benzene rings is 3. The van der Waals surface area contributed by atoms with Crippen LogP contribution in [0.4, 0.5) is 10.8 Å². The zero-order valence-corrected chi connectivity index (χ0v) is 17.8. The number of fused-ring (bicyclic) bond motifs is 2. The maximum absolute atomic E-state index is 12.6. The van der Waals surface area contributed by atoms with Crippen molar-refractivity contribution in [3.8, 4) is 0 Å². The number of rotatable bonds is 6. The van der Waals surface area contributed by atoms with Gasteiger partial charge in [-0.15, -0.1) is 5.10 Å². The molecule has 5 rings (SSSR count). The third kappa shape index (κ3) is 4.08. The van der Waals surface area contributed by atoms with Crippen LogP contribution in [0.1, 0.15) is 15.9 Å². The monoisotopic (exact) mass is 441 g/mol. The highest BCUT2D eigenvalue weighted by Gasteiger charge is 2.11. The Labute approximate surface area is 187 Å². The Morgan fingerprint density at radius 3 is 2.50 bits per heavy atom. The lowest BCUT2D eigenvalue weighted by molar-refractivity contribution is 0.0954. The fourth-order valence-corrected chi connectivity index (χ4v) is 4.22. The summed E-state index contributed by atoms with van der Waals surface area (Å²) in [6.45, 7) is 0.574. The molecule has 0 aliphatic carbocycles. The van der Waals surface area contributed by atoms with Crippen molar-refractivity contribution < 1.29 is 4.79 Å². The number of carbonyl (C=O) groups is 1. The summed E-state index contributed by atoms with van der Waals surface area (Å²) in [6, 6.07) is 24.4. The van der Waals surface area contributed by atoms with Gasteiger partial charge in [-0.2, -0.15) is 4.52 Å². The van der Waals surface area contributed by atoms with Crippen LogP contribution in [0.15, 0.2) is 83.7 Å². The predicted octanol–water partition coefficient (Wildman–Crippen LogP) is 4.02. The molecule has 0 unspecified atom stereocenters. The van der Waals surface area contributed by atoms with Crippen molar-refractivity contribution >= 4 is 43.9 Å². The minimum atomic E-state index is -0.197. The summed E-state index contributed by atoms with van der Waals surface area (Å²) in [5, 5.41) is 11.6. The van der Waals surface area contributed by atoms with E-state index in [1.807, 2.05) is 60.7 Å². The Morgan fingerprint density at radius 2 is 1.69 bits per heavy atom. The first-order valence-electron chi connectivity index (χ1n) is 10.2. The highest BCUT2D eigenvalue weighted by atomic mass is 32.1. The van der Waals surface area contributed by atoms with Crippen LogP contribution in [0.3, 0.4) is 0 Å². The smallest absolute Gasteiger partial charge is 0.283 e. The van der Waals surface area contributed by atoms with Crippen LogP contribution in [0, 0.1) is 0 Å². The molecule has 0 radical (unpaired) electrons. The average molecular weight is 442 g/mol. The number of amides is 1. The molecule has 2 heterocycles. The van der Waals surface area contributed by atoms with E-state index in [0.717, 1.165) is 12.1 Å². The molecule has 158 valence electrons. The molecule has 3 aromatic carbocycles. The van der Waals surface area contributed by atoms with Crippen LogP contribution in [-0.2, 0) is 6.42 Å². The number of para-hydroxylation sites is 1. The third-order valence-electron chi connectivity index (χ3n) is 5.04. The summed E-state index contributed by atoms with van der Waals surface area (Å²) < 4.78 is 1.31. The van der Waals surface area contributed by atoms with Crippen molar-refractivity contribution in [2.75, 3.05) is 11.9 Å².